The molecule has 0 unspecified atom stereocenters. The SMILES string of the molecule is Fc1ccccc1NC(=S)NCCSCc1ccco1. The third-order valence-corrected chi connectivity index (χ3v) is 3.71. The second-order valence-corrected chi connectivity index (χ2v) is 5.51. The summed E-state index contributed by atoms with van der Waals surface area (Å²) in [7, 11) is 0. The van der Waals surface area contributed by atoms with Crippen molar-refractivity contribution >= 4 is 34.8 Å². The minimum Gasteiger partial charge on any atom is -0.468 e. The summed E-state index contributed by atoms with van der Waals surface area (Å²) >= 11 is 6.85. The summed E-state index contributed by atoms with van der Waals surface area (Å²) in [5.41, 5.74) is 0.383. The molecule has 0 atom stereocenters. The second kappa shape index (κ2) is 7.91. The molecule has 1 aromatic carbocycles. The first-order valence-electron chi connectivity index (χ1n) is 6.15. The number of thiocarbonyl (C=S) groups is 1. The number of thioether (sulfide) groups is 1. The lowest BCUT2D eigenvalue weighted by atomic mass is 10.3. The maximum absolute atomic E-state index is 13.4. The van der Waals surface area contributed by atoms with E-state index in [1.807, 2.05) is 12.1 Å². The number of anilines is 1. The van der Waals surface area contributed by atoms with E-state index in [2.05, 4.69) is 10.6 Å². The Labute approximate surface area is 126 Å². The normalized spacial score (nSPS) is 10.2. The molecule has 0 bridgehead atoms. The van der Waals surface area contributed by atoms with Crippen LogP contribution in [0.25, 0.3) is 0 Å². The molecule has 6 heteroatoms. The summed E-state index contributed by atoms with van der Waals surface area (Å²) in [5.74, 6) is 2.37. The van der Waals surface area contributed by atoms with Gasteiger partial charge < -0.3 is 15.1 Å². The monoisotopic (exact) mass is 310 g/mol. The van der Waals surface area contributed by atoms with Crippen LogP contribution in [0.1, 0.15) is 5.76 Å². The number of hydrogen-bond acceptors (Lipinski definition) is 3. The van der Waals surface area contributed by atoms with Crippen LogP contribution >= 0.6 is 24.0 Å². The van der Waals surface area contributed by atoms with Crippen molar-refractivity contribution in [3.63, 3.8) is 0 Å². The number of nitrogens with one attached hydrogen (secondary N) is 2. The van der Waals surface area contributed by atoms with E-state index in [0.717, 1.165) is 17.3 Å². The molecule has 2 rings (SSSR count). The van der Waals surface area contributed by atoms with Gasteiger partial charge in [0.15, 0.2) is 5.11 Å². The number of furan rings is 1. The average Bonchev–Trinajstić information content (AvgIpc) is 2.94. The molecule has 3 nitrogen and oxygen atoms in total. The molecule has 0 aliphatic rings. The van der Waals surface area contributed by atoms with Gasteiger partial charge in [-0.15, -0.1) is 0 Å². The van der Waals surface area contributed by atoms with Gasteiger partial charge in [-0.25, -0.2) is 4.39 Å². The van der Waals surface area contributed by atoms with Crippen molar-refractivity contribution in [2.24, 2.45) is 0 Å². The van der Waals surface area contributed by atoms with Crippen LogP contribution in [-0.4, -0.2) is 17.4 Å². The van der Waals surface area contributed by atoms with Crippen molar-refractivity contribution in [2.75, 3.05) is 17.6 Å². The second-order valence-electron chi connectivity index (χ2n) is 3.99. The van der Waals surface area contributed by atoms with Crippen molar-refractivity contribution in [3.05, 3.63) is 54.2 Å². The fourth-order valence-electron chi connectivity index (χ4n) is 1.53. The molecule has 0 amide bonds. The molecule has 0 aliphatic heterocycles. The summed E-state index contributed by atoms with van der Waals surface area (Å²) in [5, 5.41) is 6.30. The Bertz CT molecular complexity index is 546. The van der Waals surface area contributed by atoms with Crippen LogP contribution in [0.5, 0.6) is 0 Å². The zero-order chi connectivity index (χ0) is 14.2. The molecule has 0 spiro atoms. The van der Waals surface area contributed by atoms with E-state index < -0.39 is 0 Å². The van der Waals surface area contributed by atoms with E-state index in [-0.39, 0.29) is 5.82 Å². The van der Waals surface area contributed by atoms with Crippen LogP contribution in [0.15, 0.2) is 47.1 Å². The maximum atomic E-state index is 13.4. The van der Waals surface area contributed by atoms with E-state index in [0.29, 0.717) is 17.3 Å². The number of halogens is 1. The first kappa shape index (κ1) is 14.9. The Morgan fingerprint density at radius 1 is 1.25 bits per heavy atom. The quantitative estimate of drug-likeness (QED) is 0.629. The smallest absolute Gasteiger partial charge is 0.170 e. The van der Waals surface area contributed by atoms with Crippen molar-refractivity contribution in [1.82, 2.24) is 5.32 Å². The van der Waals surface area contributed by atoms with Gasteiger partial charge in [-0.2, -0.15) is 11.8 Å². The first-order chi connectivity index (χ1) is 9.75. The highest BCUT2D eigenvalue weighted by Gasteiger charge is 2.02. The van der Waals surface area contributed by atoms with Gasteiger partial charge >= 0.3 is 0 Å². The van der Waals surface area contributed by atoms with Gasteiger partial charge in [0.1, 0.15) is 11.6 Å². The fourth-order valence-corrected chi connectivity index (χ4v) is 2.50. The largest absolute Gasteiger partial charge is 0.468 e. The summed E-state index contributed by atoms with van der Waals surface area (Å²) in [4.78, 5) is 0. The lowest BCUT2D eigenvalue weighted by Gasteiger charge is -2.10. The molecule has 1 heterocycles. The molecule has 2 aromatic rings. The molecule has 0 saturated carbocycles. The summed E-state index contributed by atoms with van der Waals surface area (Å²) in [6.45, 7) is 0.714. The molecule has 0 fully saturated rings. The van der Waals surface area contributed by atoms with Gasteiger partial charge in [0.05, 0.1) is 17.7 Å². The fraction of sp³-hybridized carbons (Fsp3) is 0.214. The Morgan fingerprint density at radius 3 is 2.85 bits per heavy atom. The van der Waals surface area contributed by atoms with Gasteiger partial charge in [-0.1, -0.05) is 12.1 Å². The third kappa shape index (κ3) is 4.86. The molecule has 20 heavy (non-hydrogen) atoms. The maximum Gasteiger partial charge on any atom is 0.170 e. The van der Waals surface area contributed by atoms with Crippen molar-refractivity contribution in [2.45, 2.75) is 5.75 Å². The lowest BCUT2D eigenvalue weighted by molar-refractivity contribution is 0.530. The number of hydrogen-bond donors (Lipinski definition) is 2. The molecule has 1 aromatic heterocycles. The predicted molar refractivity (Wildman–Crippen MR) is 85.5 cm³/mol. The van der Waals surface area contributed by atoms with E-state index in [1.54, 1.807) is 36.2 Å². The zero-order valence-corrected chi connectivity index (χ0v) is 12.4. The minimum absolute atomic E-state index is 0.316. The topological polar surface area (TPSA) is 37.2 Å². The van der Waals surface area contributed by atoms with Crippen LogP contribution < -0.4 is 10.6 Å². The number of rotatable bonds is 6. The molecule has 2 N–H and O–H groups in total. The Morgan fingerprint density at radius 2 is 2.10 bits per heavy atom. The molecule has 0 aliphatic carbocycles. The Hall–Kier alpha value is -1.53. The van der Waals surface area contributed by atoms with E-state index >= 15 is 0 Å². The summed E-state index contributed by atoms with van der Waals surface area (Å²) in [6.07, 6.45) is 1.67. The van der Waals surface area contributed by atoms with Crippen LogP contribution in [0, 0.1) is 5.82 Å². The van der Waals surface area contributed by atoms with E-state index in [1.165, 1.54) is 6.07 Å². The predicted octanol–water partition coefficient (Wildman–Crippen LogP) is 3.64. The Balaban J connectivity index is 1.62. The molecule has 0 saturated heterocycles. The van der Waals surface area contributed by atoms with Crippen LogP contribution in [0.3, 0.4) is 0 Å². The molecule has 106 valence electrons. The molecular formula is C14H15FN2OS2. The van der Waals surface area contributed by atoms with E-state index in [4.69, 9.17) is 16.6 Å². The molecule has 0 radical (unpaired) electrons. The molecular weight excluding hydrogens is 295 g/mol. The minimum atomic E-state index is -0.316. The van der Waals surface area contributed by atoms with Crippen LogP contribution in [0.2, 0.25) is 0 Å². The van der Waals surface area contributed by atoms with Gasteiger partial charge in [0.25, 0.3) is 0 Å². The van der Waals surface area contributed by atoms with Gasteiger partial charge in [-0.3, -0.25) is 0 Å². The van der Waals surface area contributed by atoms with Crippen molar-refractivity contribution in [3.8, 4) is 0 Å². The average molecular weight is 310 g/mol. The summed E-state index contributed by atoms with van der Waals surface area (Å²) < 4.78 is 18.6. The number of benzene rings is 1. The lowest BCUT2D eigenvalue weighted by Crippen LogP contribution is -2.30. The zero-order valence-electron chi connectivity index (χ0n) is 10.8. The van der Waals surface area contributed by atoms with Gasteiger partial charge in [0, 0.05) is 12.3 Å². The highest BCUT2D eigenvalue weighted by molar-refractivity contribution is 7.98. The van der Waals surface area contributed by atoms with Gasteiger partial charge in [-0.05, 0) is 36.5 Å². The standard InChI is InChI=1S/C14H15FN2OS2/c15-12-5-1-2-6-13(12)17-14(19)16-7-9-20-10-11-4-3-8-18-11/h1-6,8H,7,9-10H2,(H2,16,17,19). The number of para-hydroxylation sites is 1. The van der Waals surface area contributed by atoms with Crippen LogP contribution in [0.4, 0.5) is 10.1 Å². The van der Waals surface area contributed by atoms with Gasteiger partial charge in [0.2, 0.25) is 0 Å². The van der Waals surface area contributed by atoms with Crippen molar-refractivity contribution < 1.29 is 8.81 Å². The summed E-state index contributed by atoms with van der Waals surface area (Å²) in [6, 6.07) is 10.3. The first-order valence-corrected chi connectivity index (χ1v) is 7.71. The van der Waals surface area contributed by atoms with E-state index in [9.17, 15) is 4.39 Å². The van der Waals surface area contributed by atoms with Crippen LogP contribution in [-0.2, 0) is 5.75 Å². The highest BCUT2D eigenvalue weighted by atomic mass is 32.2. The third-order valence-electron chi connectivity index (χ3n) is 2.48. The van der Waals surface area contributed by atoms with Crippen molar-refractivity contribution in [1.29, 1.82) is 0 Å². The highest BCUT2D eigenvalue weighted by Crippen LogP contribution is 2.13. The Kier molecular flexibility index (Phi) is 5.88.